The Balaban J connectivity index is 1.69. The molecule has 1 amide bonds. The van der Waals surface area contributed by atoms with Crippen molar-refractivity contribution in [2.24, 2.45) is 0 Å². The lowest BCUT2D eigenvalue weighted by Gasteiger charge is -2.15. The topological polar surface area (TPSA) is 142 Å². The molecule has 0 atom stereocenters. The second-order valence-corrected chi connectivity index (χ2v) is 6.75. The number of phenolic OH excluding ortho intramolecular Hbond substituents is 1. The Labute approximate surface area is 167 Å². The van der Waals surface area contributed by atoms with E-state index in [1.165, 1.54) is 13.4 Å². The van der Waals surface area contributed by atoms with Crippen LogP contribution in [0.5, 0.6) is 11.5 Å². The summed E-state index contributed by atoms with van der Waals surface area (Å²) in [6, 6.07) is 0. The number of rotatable bonds is 7. The van der Waals surface area contributed by atoms with E-state index in [0.29, 0.717) is 29.7 Å². The van der Waals surface area contributed by atoms with Crippen LogP contribution < -0.4 is 15.9 Å². The highest BCUT2D eigenvalue weighted by Crippen LogP contribution is 2.42. The van der Waals surface area contributed by atoms with E-state index in [4.69, 9.17) is 15.2 Å². The molecule has 2 aromatic rings. The summed E-state index contributed by atoms with van der Waals surface area (Å²) in [5, 5.41) is 14.4. The molecule has 10 nitrogen and oxygen atoms in total. The number of benzene rings is 1. The summed E-state index contributed by atoms with van der Waals surface area (Å²) >= 11 is 0. The van der Waals surface area contributed by atoms with Gasteiger partial charge in [-0.05, 0) is 32.3 Å². The molecule has 4 N–H and O–H groups in total. The number of nitrogens with two attached hydrogens (primary N) is 1. The van der Waals surface area contributed by atoms with Crippen LogP contribution in [-0.4, -0.2) is 39.0 Å². The van der Waals surface area contributed by atoms with Crippen molar-refractivity contribution in [3.63, 3.8) is 0 Å². The van der Waals surface area contributed by atoms with Gasteiger partial charge in [-0.25, -0.2) is 10.2 Å². The van der Waals surface area contributed by atoms with E-state index < -0.39 is 5.97 Å². The number of allylic oxidation sites excluding steroid dienone is 2. The van der Waals surface area contributed by atoms with E-state index in [1.54, 1.807) is 0 Å². The number of aromatic nitrogens is 3. The van der Waals surface area contributed by atoms with Gasteiger partial charge >= 0.3 is 5.97 Å². The molecule has 1 aromatic heterocycles. The van der Waals surface area contributed by atoms with Crippen molar-refractivity contribution in [3.8, 4) is 11.5 Å². The van der Waals surface area contributed by atoms with Gasteiger partial charge in [-0.2, -0.15) is 9.77 Å². The predicted molar refractivity (Wildman–Crippen MR) is 104 cm³/mol. The molecular weight excluding hydrogens is 378 g/mol. The van der Waals surface area contributed by atoms with Gasteiger partial charge in [-0.15, -0.1) is 5.10 Å². The highest BCUT2D eigenvalue weighted by atomic mass is 16.5. The third-order valence-electron chi connectivity index (χ3n) is 4.80. The van der Waals surface area contributed by atoms with Gasteiger partial charge in [0.1, 0.15) is 30.0 Å². The van der Waals surface area contributed by atoms with Crippen molar-refractivity contribution in [1.29, 1.82) is 0 Å². The molecule has 1 aliphatic rings. The van der Waals surface area contributed by atoms with Gasteiger partial charge in [-0.1, -0.05) is 11.6 Å². The second kappa shape index (κ2) is 8.21. The Kier molecular flexibility index (Phi) is 5.71. The van der Waals surface area contributed by atoms with Gasteiger partial charge in [0.15, 0.2) is 0 Å². The number of methoxy groups -OCH3 is 1. The second-order valence-electron chi connectivity index (χ2n) is 6.75. The average Bonchev–Trinajstić information content (AvgIpc) is 3.27. The number of phenols is 1. The molecule has 29 heavy (non-hydrogen) atoms. The number of hydrogen-bond donors (Lipinski definition) is 3. The Morgan fingerprint density at radius 2 is 2.24 bits per heavy atom. The van der Waals surface area contributed by atoms with Crippen LogP contribution in [0.1, 0.15) is 46.8 Å². The zero-order chi connectivity index (χ0) is 21.1. The van der Waals surface area contributed by atoms with Crippen molar-refractivity contribution < 1.29 is 24.2 Å². The number of nitrogen functional groups attached to an aromatic ring is 1. The molecule has 2 heterocycles. The van der Waals surface area contributed by atoms with E-state index in [0.717, 1.165) is 15.9 Å². The summed E-state index contributed by atoms with van der Waals surface area (Å²) in [5.74, 6) is -0.279. The van der Waals surface area contributed by atoms with Crippen LogP contribution in [0.25, 0.3) is 0 Å². The lowest BCUT2D eigenvalue weighted by molar-refractivity contribution is -0.117. The third-order valence-corrected chi connectivity index (χ3v) is 4.80. The van der Waals surface area contributed by atoms with Crippen molar-refractivity contribution >= 4 is 17.8 Å². The molecule has 0 spiro atoms. The molecular formula is C19H23N5O5. The number of hydrogen-bond acceptors (Lipinski definition) is 8. The molecule has 154 valence electrons. The summed E-state index contributed by atoms with van der Waals surface area (Å²) < 4.78 is 10.5. The highest BCUT2D eigenvalue weighted by Gasteiger charge is 2.31. The van der Waals surface area contributed by atoms with E-state index in [2.05, 4.69) is 15.5 Å². The van der Waals surface area contributed by atoms with Crippen molar-refractivity contribution in [2.75, 3.05) is 18.3 Å². The molecule has 0 saturated carbocycles. The lowest BCUT2D eigenvalue weighted by Crippen LogP contribution is -2.23. The maximum atomic E-state index is 12.0. The Bertz CT molecular complexity index is 995. The van der Waals surface area contributed by atoms with Crippen LogP contribution in [0.3, 0.4) is 0 Å². The maximum absolute atomic E-state index is 12.0. The van der Waals surface area contributed by atoms with Gasteiger partial charge in [0.2, 0.25) is 11.9 Å². The van der Waals surface area contributed by atoms with Gasteiger partial charge in [0.25, 0.3) is 0 Å². The standard InChI is InChI=1S/C19H23N5O5/c1-10(5-7-14(25)22-24-9-21-19(20)23-24)4-6-12-16(26)15-13(8-29-18(15)27)11(2)17(12)28-3/h4,9,26H,5-8H2,1-3H3,(H2,20,23)(H,22,25)/b10-4+. The molecule has 1 aromatic carbocycles. The number of aromatic hydroxyl groups is 1. The normalized spacial score (nSPS) is 13.2. The van der Waals surface area contributed by atoms with Crippen LogP contribution >= 0.6 is 0 Å². The number of ether oxygens (including phenoxy) is 2. The van der Waals surface area contributed by atoms with Crippen LogP contribution in [0.15, 0.2) is 18.0 Å². The molecule has 0 radical (unpaired) electrons. The Morgan fingerprint density at radius 1 is 1.48 bits per heavy atom. The summed E-state index contributed by atoms with van der Waals surface area (Å²) in [7, 11) is 1.52. The Morgan fingerprint density at radius 3 is 2.90 bits per heavy atom. The van der Waals surface area contributed by atoms with Gasteiger partial charge in [0, 0.05) is 17.5 Å². The molecule has 1 aliphatic heterocycles. The van der Waals surface area contributed by atoms with E-state index in [-0.39, 0.29) is 36.2 Å². The molecule has 0 unspecified atom stereocenters. The predicted octanol–water partition coefficient (Wildman–Crippen LogP) is 1.59. The van der Waals surface area contributed by atoms with E-state index >= 15 is 0 Å². The number of anilines is 1. The number of nitrogens with zero attached hydrogens (tertiary/aromatic N) is 3. The fourth-order valence-electron chi connectivity index (χ4n) is 3.23. The third kappa shape index (κ3) is 4.15. The highest BCUT2D eigenvalue weighted by molar-refractivity contribution is 5.98. The number of carbonyl (C=O) groups is 2. The summed E-state index contributed by atoms with van der Waals surface area (Å²) in [6.45, 7) is 3.85. The lowest BCUT2D eigenvalue weighted by atomic mass is 9.94. The smallest absolute Gasteiger partial charge is 0.342 e. The van der Waals surface area contributed by atoms with E-state index in [9.17, 15) is 14.7 Å². The zero-order valence-electron chi connectivity index (χ0n) is 16.5. The molecule has 3 rings (SSSR count). The zero-order valence-corrected chi connectivity index (χ0v) is 16.5. The minimum atomic E-state index is -0.532. The number of cyclic esters (lactones) is 1. The fourth-order valence-corrected chi connectivity index (χ4v) is 3.23. The minimum absolute atomic E-state index is 0.0728. The number of nitrogens with one attached hydrogen (secondary N) is 1. The number of amides is 1. The van der Waals surface area contributed by atoms with Crippen LogP contribution in [0.4, 0.5) is 5.95 Å². The molecule has 0 aliphatic carbocycles. The maximum Gasteiger partial charge on any atom is 0.342 e. The molecule has 0 fully saturated rings. The first-order valence-electron chi connectivity index (χ1n) is 9.02. The number of esters is 1. The van der Waals surface area contributed by atoms with Crippen LogP contribution in [0, 0.1) is 6.92 Å². The van der Waals surface area contributed by atoms with Crippen molar-refractivity contribution in [3.05, 3.63) is 40.2 Å². The van der Waals surface area contributed by atoms with Crippen LogP contribution in [0.2, 0.25) is 0 Å². The van der Waals surface area contributed by atoms with Crippen molar-refractivity contribution in [1.82, 2.24) is 14.9 Å². The monoisotopic (exact) mass is 401 g/mol. The van der Waals surface area contributed by atoms with Crippen LogP contribution in [-0.2, 0) is 22.6 Å². The Hall–Kier alpha value is -3.56. The molecule has 10 heteroatoms. The first-order valence-corrected chi connectivity index (χ1v) is 9.02. The number of carbonyl (C=O) groups excluding carboxylic acids is 2. The van der Waals surface area contributed by atoms with Gasteiger partial charge in [0.05, 0.1) is 7.11 Å². The first kappa shape index (κ1) is 20.2. The quantitative estimate of drug-likeness (QED) is 0.469. The number of fused-ring (bicyclic) bond motifs is 1. The van der Waals surface area contributed by atoms with Gasteiger partial charge < -0.3 is 20.3 Å². The minimum Gasteiger partial charge on any atom is -0.507 e. The summed E-state index contributed by atoms with van der Waals surface area (Å²) in [6.07, 6.45) is 4.30. The largest absolute Gasteiger partial charge is 0.507 e. The van der Waals surface area contributed by atoms with E-state index in [1.807, 2.05) is 19.9 Å². The fraction of sp³-hybridized carbons (Fsp3) is 0.368. The molecule has 0 saturated heterocycles. The summed E-state index contributed by atoms with van der Waals surface area (Å²) in [4.78, 5) is 28.8. The first-order chi connectivity index (χ1) is 13.8. The average molecular weight is 401 g/mol. The van der Waals surface area contributed by atoms with Crippen molar-refractivity contribution in [2.45, 2.75) is 39.7 Å². The molecule has 0 bridgehead atoms. The SMILES string of the molecule is COc1c(C)c2c(c(O)c1C/C=C(\C)CCC(=O)Nn1cnc(N)n1)C(=O)OC2. The summed E-state index contributed by atoms with van der Waals surface area (Å²) in [5.41, 5.74) is 11.0. The van der Waals surface area contributed by atoms with Gasteiger partial charge in [-0.3, -0.25) is 4.79 Å².